The Morgan fingerprint density at radius 1 is 1.26 bits per heavy atom. The van der Waals surface area contributed by atoms with Crippen molar-refractivity contribution in [3.63, 3.8) is 0 Å². The minimum Gasteiger partial charge on any atom is -0.356 e. The van der Waals surface area contributed by atoms with Crippen LogP contribution < -0.4 is 10.6 Å². The average molecular weight is 389 g/mol. The molecule has 0 aromatic rings. The monoisotopic (exact) mass is 389 g/mol. The molecule has 0 bridgehead atoms. The minimum absolute atomic E-state index is 0. The Labute approximate surface area is 132 Å². The zero-order chi connectivity index (χ0) is 13.6. The second kappa shape index (κ2) is 8.92. The van der Waals surface area contributed by atoms with Crippen molar-refractivity contribution < 1.29 is 8.78 Å². The van der Waals surface area contributed by atoms with Crippen LogP contribution in [0.25, 0.3) is 0 Å². The standard InChI is InChI=1S/C13H25F2N3.HI/c1-10(2)7-13(5-4-6-13)9-18-12(16-3)17-8-11(14)15;/h10-11H,4-9H2,1-3H3,(H2,16,17,18);1H. The van der Waals surface area contributed by atoms with E-state index >= 15 is 0 Å². The molecule has 0 atom stereocenters. The molecule has 0 aromatic carbocycles. The summed E-state index contributed by atoms with van der Waals surface area (Å²) in [7, 11) is 1.61. The van der Waals surface area contributed by atoms with Gasteiger partial charge in [0.2, 0.25) is 0 Å². The van der Waals surface area contributed by atoms with Crippen LogP contribution in [-0.2, 0) is 0 Å². The Morgan fingerprint density at radius 3 is 2.26 bits per heavy atom. The normalized spacial score (nSPS) is 17.9. The van der Waals surface area contributed by atoms with Crippen LogP contribution in [0.3, 0.4) is 0 Å². The van der Waals surface area contributed by atoms with Crippen molar-refractivity contribution in [3.05, 3.63) is 0 Å². The molecule has 114 valence electrons. The zero-order valence-corrected chi connectivity index (χ0v) is 14.3. The molecule has 0 amide bonds. The van der Waals surface area contributed by atoms with Crippen LogP contribution in [0.4, 0.5) is 8.78 Å². The van der Waals surface area contributed by atoms with Crippen LogP contribution >= 0.6 is 24.0 Å². The number of nitrogens with zero attached hydrogens (tertiary/aromatic N) is 1. The van der Waals surface area contributed by atoms with Crippen molar-refractivity contribution in [3.8, 4) is 0 Å². The molecular weight excluding hydrogens is 363 g/mol. The van der Waals surface area contributed by atoms with Gasteiger partial charge in [-0.05, 0) is 30.6 Å². The average Bonchev–Trinajstić information content (AvgIpc) is 2.24. The lowest BCUT2D eigenvalue weighted by Gasteiger charge is -2.43. The van der Waals surface area contributed by atoms with E-state index in [9.17, 15) is 8.78 Å². The number of alkyl halides is 2. The van der Waals surface area contributed by atoms with Gasteiger partial charge in [-0.2, -0.15) is 0 Å². The van der Waals surface area contributed by atoms with Crippen molar-refractivity contribution in [2.45, 2.75) is 46.0 Å². The Balaban J connectivity index is 0.00000324. The third kappa shape index (κ3) is 6.72. The molecule has 2 N–H and O–H groups in total. The van der Waals surface area contributed by atoms with Crippen molar-refractivity contribution in [1.82, 2.24) is 10.6 Å². The van der Waals surface area contributed by atoms with Crippen molar-refractivity contribution in [1.29, 1.82) is 0 Å². The Hall–Kier alpha value is -0.140. The van der Waals surface area contributed by atoms with Crippen LogP contribution in [0.5, 0.6) is 0 Å². The van der Waals surface area contributed by atoms with Crippen LogP contribution in [0, 0.1) is 11.3 Å². The fourth-order valence-electron chi connectivity index (χ4n) is 2.66. The van der Waals surface area contributed by atoms with Gasteiger partial charge in [0.15, 0.2) is 5.96 Å². The molecule has 0 unspecified atom stereocenters. The van der Waals surface area contributed by atoms with E-state index in [4.69, 9.17) is 0 Å². The van der Waals surface area contributed by atoms with Gasteiger partial charge >= 0.3 is 0 Å². The molecule has 0 radical (unpaired) electrons. The Bertz CT molecular complexity index is 279. The first-order chi connectivity index (χ1) is 8.47. The van der Waals surface area contributed by atoms with E-state index in [2.05, 4.69) is 29.5 Å². The molecule has 0 aromatic heterocycles. The SMILES string of the molecule is CN=C(NCC(F)F)NCC1(CC(C)C)CCC1.I. The third-order valence-electron chi connectivity index (χ3n) is 3.53. The molecule has 0 heterocycles. The molecule has 0 spiro atoms. The topological polar surface area (TPSA) is 36.4 Å². The summed E-state index contributed by atoms with van der Waals surface area (Å²) in [6, 6.07) is 0. The van der Waals surface area contributed by atoms with Crippen molar-refractivity contribution >= 4 is 29.9 Å². The third-order valence-corrected chi connectivity index (χ3v) is 3.53. The summed E-state index contributed by atoms with van der Waals surface area (Å²) in [6.45, 7) is 4.93. The minimum atomic E-state index is -2.35. The lowest BCUT2D eigenvalue weighted by Crippen LogP contribution is -2.47. The van der Waals surface area contributed by atoms with E-state index in [0.717, 1.165) is 6.54 Å². The molecular formula is C13H26F2IN3. The molecule has 6 heteroatoms. The molecule has 19 heavy (non-hydrogen) atoms. The molecule has 3 nitrogen and oxygen atoms in total. The highest BCUT2D eigenvalue weighted by atomic mass is 127. The predicted octanol–water partition coefficient (Wildman–Crippen LogP) is 3.25. The van der Waals surface area contributed by atoms with E-state index in [-0.39, 0.29) is 30.5 Å². The van der Waals surface area contributed by atoms with Crippen LogP contribution in [0.1, 0.15) is 39.5 Å². The lowest BCUT2D eigenvalue weighted by molar-refractivity contribution is 0.104. The van der Waals surface area contributed by atoms with E-state index < -0.39 is 6.43 Å². The van der Waals surface area contributed by atoms with E-state index in [1.807, 2.05) is 0 Å². The van der Waals surface area contributed by atoms with E-state index in [1.54, 1.807) is 7.05 Å². The van der Waals surface area contributed by atoms with Crippen molar-refractivity contribution in [2.75, 3.05) is 20.1 Å². The second-order valence-corrected chi connectivity index (χ2v) is 5.65. The highest BCUT2D eigenvalue weighted by molar-refractivity contribution is 14.0. The van der Waals surface area contributed by atoms with Gasteiger partial charge < -0.3 is 10.6 Å². The van der Waals surface area contributed by atoms with Gasteiger partial charge in [0.25, 0.3) is 6.43 Å². The molecule has 1 aliphatic carbocycles. The molecule has 1 saturated carbocycles. The predicted molar refractivity (Wildman–Crippen MR) is 86.5 cm³/mol. The molecule has 1 aliphatic rings. The smallest absolute Gasteiger partial charge is 0.255 e. The quantitative estimate of drug-likeness (QED) is 0.416. The molecule has 1 fully saturated rings. The van der Waals surface area contributed by atoms with E-state index in [1.165, 1.54) is 25.7 Å². The summed E-state index contributed by atoms with van der Waals surface area (Å²) in [5.74, 6) is 1.15. The van der Waals surface area contributed by atoms with Gasteiger partial charge in [0, 0.05) is 13.6 Å². The lowest BCUT2D eigenvalue weighted by atomic mass is 9.64. The maximum atomic E-state index is 12.1. The number of guanidine groups is 1. The van der Waals surface area contributed by atoms with Gasteiger partial charge in [0.05, 0.1) is 6.54 Å². The largest absolute Gasteiger partial charge is 0.356 e. The number of nitrogens with one attached hydrogen (secondary N) is 2. The second-order valence-electron chi connectivity index (χ2n) is 5.65. The molecule has 0 aliphatic heterocycles. The highest BCUT2D eigenvalue weighted by Crippen LogP contribution is 2.45. The summed E-state index contributed by atoms with van der Waals surface area (Å²) in [4.78, 5) is 3.96. The van der Waals surface area contributed by atoms with Gasteiger partial charge in [-0.25, -0.2) is 8.78 Å². The first kappa shape index (κ1) is 18.9. The number of hydrogen-bond acceptors (Lipinski definition) is 1. The Kier molecular flexibility index (Phi) is 8.85. The van der Waals surface area contributed by atoms with Gasteiger partial charge in [0.1, 0.15) is 0 Å². The van der Waals surface area contributed by atoms with Crippen LogP contribution in [0.2, 0.25) is 0 Å². The van der Waals surface area contributed by atoms with Gasteiger partial charge in [-0.3, -0.25) is 4.99 Å². The van der Waals surface area contributed by atoms with Gasteiger partial charge in [-0.15, -0.1) is 24.0 Å². The van der Waals surface area contributed by atoms with Crippen LogP contribution in [0.15, 0.2) is 4.99 Å². The summed E-state index contributed by atoms with van der Waals surface area (Å²) in [5.41, 5.74) is 0.344. The summed E-state index contributed by atoms with van der Waals surface area (Å²) >= 11 is 0. The number of rotatable bonds is 6. The highest BCUT2D eigenvalue weighted by Gasteiger charge is 2.37. The van der Waals surface area contributed by atoms with E-state index in [0.29, 0.717) is 17.3 Å². The summed E-state index contributed by atoms with van der Waals surface area (Å²) < 4.78 is 24.2. The first-order valence-electron chi connectivity index (χ1n) is 6.70. The maximum absolute atomic E-state index is 12.1. The number of halogens is 3. The van der Waals surface area contributed by atoms with Crippen LogP contribution in [-0.4, -0.2) is 32.5 Å². The van der Waals surface area contributed by atoms with Gasteiger partial charge in [-0.1, -0.05) is 20.3 Å². The molecule has 1 rings (SSSR count). The summed E-state index contributed by atoms with van der Waals surface area (Å²) in [6.07, 6.45) is 2.56. The zero-order valence-electron chi connectivity index (χ0n) is 12.0. The number of aliphatic imine (C=N–C) groups is 1. The first-order valence-corrected chi connectivity index (χ1v) is 6.70. The van der Waals surface area contributed by atoms with Crippen molar-refractivity contribution in [2.24, 2.45) is 16.3 Å². The fraction of sp³-hybridized carbons (Fsp3) is 0.923. The number of hydrogen-bond donors (Lipinski definition) is 2. The Morgan fingerprint density at radius 2 is 1.89 bits per heavy atom. The fourth-order valence-corrected chi connectivity index (χ4v) is 2.66. The molecule has 0 saturated heterocycles. The maximum Gasteiger partial charge on any atom is 0.255 e. The summed E-state index contributed by atoms with van der Waals surface area (Å²) in [5, 5.41) is 5.81.